The minimum absolute atomic E-state index is 0.0108. The summed E-state index contributed by atoms with van der Waals surface area (Å²) in [5, 5.41) is 4.38. The van der Waals surface area contributed by atoms with Crippen LogP contribution in [0.15, 0.2) is 70.7 Å². The molecule has 0 atom stereocenters. The molecule has 0 radical (unpaired) electrons. The van der Waals surface area contributed by atoms with Crippen molar-refractivity contribution in [3.8, 4) is 11.5 Å². The average Bonchev–Trinajstić information content (AvgIpc) is 2.81. The Hall–Kier alpha value is -3.27. The number of sulfonamides is 1. The van der Waals surface area contributed by atoms with E-state index in [-0.39, 0.29) is 20.6 Å². The van der Waals surface area contributed by atoms with Crippen LogP contribution in [0.1, 0.15) is 11.1 Å². The first-order valence-electron chi connectivity index (χ1n) is 10.2. The predicted octanol–water partition coefficient (Wildman–Crippen LogP) is 4.66. The highest BCUT2D eigenvalue weighted by molar-refractivity contribution is 7.92. The highest BCUT2D eigenvalue weighted by Crippen LogP contribution is 2.30. The van der Waals surface area contributed by atoms with E-state index in [2.05, 4.69) is 10.5 Å². The molecular weight excluding hydrogens is 513 g/mol. The molecule has 0 fully saturated rings. The van der Waals surface area contributed by atoms with Gasteiger partial charge in [0.1, 0.15) is 6.54 Å². The number of benzene rings is 3. The number of carbonyl (C=O) groups excluding carboxylic acids is 1. The molecule has 3 aromatic carbocycles. The highest BCUT2D eigenvalue weighted by Gasteiger charge is 2.27. The third kappa shape index (κ3) is 6.45. The molecule has 11 heteroatoms. The van der Waals surface area contributed by atoms with E-state index in [0.717, 1.165) is 9.87 Å². The van der Waals surface area contributed by atoms with Gasteiger partial charge in [0.25, 0.3) is 15.9 Å². The number of ether oxygens (including phenoxy) is 2. The largest absolute Gasteiger partial charge is 0.493 e. The van der Waals surface area contributed by atoms with Crippen LogP contribution < -0.4 is 19.2 Å². The number of rotatable bonds is 9. The molecule has 0 aliphatic carbocycles. The van der Waals surface area contributed by atoms with Crippen molar-refractivity contribution in [2.24, 2.45) is 5.10 Å². The monoisotopic (exact) mass is 535 g/mol. The van der Waals surface area contributed by atoms with Gasteiger partial charge in [-0.3, -0.25) is 9.10 Å². The van der Waals surface area contributed by atoms with Crippen LogP contribution in [-0.4, -0.2) is 41.3 Å². The smallest absolute Gasteiger partial charge is 0.264 e. The van der Waals surface area contributed by atoms with Crippen molar-refractivity contribution >= 4 is 51.0 Å². The van der Waals surface area contributed by atoms with E-state index < -0.39 is 22.5 Å². The number of nitrogens with one attached hydrogen (secondary N) is 1. The molecule has 0 heterocycles. The Balaban J connectivity index is 1.89. The topological polar surface area (TPSA) is 97.3 Å². The molecule has 0 bridgehead atoms. The molecule has 0 saturated heterocycles. The van der Waals surface area contributed by atoms with Crippen molar-refractivity contribution in [2.45, 2.75) is 11.8 Å². The molecule has 0 aliphatic rings. The number of hydrogen-bond acceptors (Lipinski definition) is 6. The highest BCUT2D eigenvalue weighted by atomic mass is 35.5. The number of methoxy groups -OCH3 is 2. The van der Waals surface area contributed by atoms with Gasteiger partial charge in [0.2, 0.25) is 0 Å². The van der Waals surface area contributed by atoms with Gasteiger partial charge in [-0.05, 0) is 49.4 Å². The number of amides is 1. The molecule has 35 heavy (non-hydrogen) atoms. The maximum Gasteiger partial charge on any atom is 0.264 e. The summed E-state index contributed by atoms with van der Waals surface area (Å²) in [5.41, 5.74) is 3.92. The first kappa shape index (κ1) is 26.3. The summed E-state index contributed by atoms with van der Waals surface area (Å²) >= 11 is 12.2. The number of halogens is 2. The van der Waals surface area contributed by atoms with Crippen molar-refractivity contribution in [1.82, 2.24) is 5.43 Å². The molecule has 1 amide bonds. The number of anilines is 1. The Morgan fingerprint density at radius 2 is 1.69 bits per heavy atom. The summed E-state index contributed by atoms with van der Waals surface area (Å²) in [6, 6.07) is 15.7. The van der Waals surface area contributed by atoms with Crippen LogP contribution in [-0.2, 0) is 14.8 Å². The van der Waals surface area contributed by atoms with Crippen molar-refractivity contribution in [2.75, 3.05) is 25.1 Å². The summed E-state index contributed by atoms with van der Waals surface area (Å²) < 4.78 is 38.4. The third-order valence-corrected chi connectivity index (χ3v) is 7.08. The second-order valence-electron chi connectivity index (χ2n) is 7.33. The standard InChI is InChI=1S/C24H23Cl2N3O5S/c1-16-7-9-21(10-8-16)35(31,32)29(20-12-18(25)11-19(26)13-20)15-23(30)28-27-14-17-5-4-6-22(33-2)24(17)34-3/h4-14H,15H2,1-3H3,(H,28,30)/b27-14-. The first-order chi connectivity index (χ1) is 16.6. The van der Waals surface area contributed by atoms with Gasteiger partial charge < -0.3 is 9.47 Å². The second-order valence-corrected chi connectivity index (χ2v) is 10.1. The maximum absolute atomic E-state index is 13.4. The summed E-state index contributed by atoms with van der Waals surface area (Å²) in [7, 11) is -1.14. The number of hydrazone groups is 1. The van der Waals surface area contributed by atoms with Gasteiger partial charge in [-0.1, -0.05) is 47.0 Å². The van der Waals surface area contributed by atoms with Crippen LogP contribution in [0.4, 0.5) is 5.69 Å². The van der Waals surface area contributed by atoms with Crippen molar-refractivity contribution in [1.29, 1.82) is 0 Å². The number of hydrogen-bond donors (Lipinski definition) is 1. The van der Waals surface area contributed by atoms with Crippen molar-refractivity contribution < 1.29 is 22.7 Å². The van der Waals surface area contributed by atoms with Crippen molar-refractivity contribution in [3.05, 3.63) is 81.8 Å². The molecule has 0 aromatic heterocycles. The van der Waals surface area contributed by atoms with E-state index in [9.17, 15) is 13.2 Å². The van der Waals surface area contributed by atoms with E-state index in [0.29, 0.717) is 17.1 Å². The fourth-order valence-corrected chi connectivity index (χ4v) is 5.11. The Labute approximate surface area is 214 Å². The number of aryl methyl sites for hydroxylation is 1. The lowest BCUT2D eigenvalue weighted by molar-refractivity contribution is -0.119. The van der Waals surface area contributed by atoms with Gasteiger partial charge in [0.05, 0.1) is 31.0 Å². The van der Waals surface area contributed by atoms with Gasteiger partial charge in [0.15, 0.2) is 11.5 Å². The van der Waals surface area contributed by atoms with Crippen molar-refractivity contribution in [3.63, 3.8) is 0 Å². The second kappa shape index (κ2) is 11.4. The fourth-order valence-electron chi connectivity index (χ4n) is 3.19. The van der Waals surface area contributed by atoms with E-state index >= 15 is 0 Å². The Morgan fingerprint density at radius 1 is 1.03 bits per heavy atom. The van der Waals surface area contributed by atoms with Gasteiger partial charge in [-0.25, -0.2) is 13.8 Å². The summed E-state index contributed by atoms with van der Waals surface area (Å²) in [6.45, 7) is 1.27. The molecule has 0 saturated carbocycles. The zero-order valence-corrected chi connectivity index (χ0v) is 21.5. The zero-order chi connectivity index (χ0) is 25.6. The molecule has 8 nitrogen and oxygen atoms in total. The van der Waals surface area contributed by atoms with Gasteiger partial charge >= 0.3 is 0 Å². The van der Waals surface area contributed by atoms with Crippen LogP contribution in [0, 0.1) is 6.92 Å². The van der Waals surface area contributed by atoms with Crippen LogP contribution in [0.25, 0.3) is 0 Å². The lowest BCUT2D eigenvalue weighted by atomic mass is 10.2. The normalized spacial score (nSPS) is 11.3. The number of nitrogens with zero attached hydrogens (tertiary/aromatic N) is 2. The Kier molecular flexibility index (Phi) is 8.61. The molecule has 0 spiro atoms. The average molecular weight is 536 g/mol. The number of carbonyl (C=O) groups is 1. The molecule has 3 rings (SSSR count). The van der Waals surface area contributed by atoms with E-state index in [4.69, 9.17) is 32.7 Å². The molecule has 0 aliphatic heterocycles. The van der Waals surface area contributed by atoms with E-state index in [1.807, 2.05) is 6.92 Å². The van der Waals surface area contributed by atoms with E-state index in [1.54, 1.807) is 30.3 Å². The molecule has 0 unspecified atom stereocenters. The van der Waals surface area contributed by atoms with Gasteiger partial charge in [-0.15, -0.1) is 0 Å². The molecule has 3 aromatic rings. The van der Waals surface area contributed by atoms with Crippen LogP contribution in [0.5, 0.6) is 11.5 Å². The van der Waals surface area contributed by atoms with Gasteiger partial charge in [0, 0.05) is 15.6 Å². The zero-order valence-electron chi connectivity index (χ0n) is 19.2. The summed E-state index contributed by atoms with van der Waals surface area (Å²) in [4.78, 5) is 12.8. The van der Waals surface area contributed by atoms with Gasteiger partial charge in [-0.2, -0.15) is 5.10 Å². The Bertz CT molecular complexity index is 1330. The minimum Gasteiger partial charge on any atom is -0.493 e. The lowest BCUT2D eigenvalue weighted by Gasteiger charge is -2.24. The maximum atomic E-state index is 13.4. The first-order valence-corrected chi connectivity index (χ1v) is 12.4. The van der Waals surface area contributed by atoms with E-state index in [1.165, 1.54) is 50.8 Å². The van der Waals surface area contributed by atoms with Crippen LogP contribution >= 0.6 is 23.2 Å². The van der Waals surface area contributed by atoms with Crippen LogP contribution in [0.2, 0.25) is 10.0 Å². The SMILES string of the molecule is COc1cccc(/C=N\NC(=O)CN(c2cc(Cl)cc(Cl)c2)S(=O)(=O)c2ccc(C)cc2)c1OC. The molecule has 184 valence electrons. The Morgan fingerprint density at radius 3 is 2.29 bits per heavy atom. The fraction of sp³-hybridized carbons (Fsp3) is 0.167. The quantitative estimate of drug-likeness (QED) is 0.317. The number of para-hydroxylation sites is 1. The summed E-state index contributed by atoms with van der Waals surface area (Å²) in [5.74, 6) is 0.246. The third-order valence-electron chi connectivity index (χ3n) is 4.86. The minimum atomic E-state index is -4.13. The summed E-state index contributed by atoms with van der Waals surface area (Å²) in [6.07, 6.45) is 1.37. The molecule has 1 N–H and O–H groups in total. The lowest BCUT2D eigenvalue weighted by Crippen LogP contribution is -2.39. The molecular formula is C24H23Cl2N3O5S. The van der Waals surface area contributed by atoms with Crippen LogP contribution in [0.3, 0.4) is 0 Å². The predicted molar refractivity (Wildman–Crippen MR) is 137 cm³/mol.